The van der Waals surface area contributed by atoms with Gasteiger partial charge in [0.1, 0.15) is 6.10 Å². The van der Waals surface area contributed by atoms with Gasteiger partial charge < -0.3 is 9.84 Å². The van der Waals surface area contributed by atoms with E-state index in [0.717, 1.165) is 32.3 Å². The minimum atomic E-state index is -4.46. The molecule has 0 aliphatic heterocycles. The van der Waals surface area contributed by atoms with Crippen LogP contribution in [0.2, 0.25) is 0 Å². The van der Waals surface area contributed by atoms with Gasteiger partial charge in [-0.3, -0.25) is 0 Å². The van der Waals surface area contributed by atoms with Gasteiger partial charge in [-0.1, -0.05) is 25.7 Å². The summed E-state index contributed by atoms with van der Waals surface area (Å²) in [5.74, 6) is 0. The first-order chi connectivity index (χ1) is 7.48. The molecule has 0 aliphatic rings. The molecule has 1 N–H and O–H groups in total. The Bertz CT molecular complexity index is 160. The SMILES string of the molecule is CCOCCCCCCC[C@@H](O)C(F)(F)F. The van der Waals surface area contributed by atoms with E-state index in [1.165, 1.54) is 0 Å². The second kappa shape index (κ2) is 8.82. The predicted octanol–water partition coefficient (Wildman–Crippen LogP) is 3.29. The highest BCUT2D eigenvalue weighted by Crippen LogP contribution is 2.23. The van der Waals surface area contributed by atoms with Crippen molar-refractivity contribution >= 4 is 0 Å². The first kappa shape index (κ1) is 15.7. The van der Waals surface area contributed by atoms with Crippen LogP contribution in [0.5, 0.6) is 0 Å². The summed E-state index contributed by atoms with van der Waals surface area (Å²) in [4.78, 5) is 0. The Morgan fingerprint density at radius 1 is 1.06 bits per heavy atom. The van der Waals surface area contributed by atoms with Crippen LogP contribution in [-0.4, -0.2) is 30.6 Å². The van der Waals surface area contributed by atoms with Crippen molar-refractivity contribution in [1.82, 2.24) is 0 Å². The van der Waals surface area contributed by atoms with Crippen molar-refractivity contribution in [3.8, 4) is 0 Å². The van der Waals surface area contributed by atoms with E-state index in [2.05, 4.69) is 0 Å². The molecule has 2 nitrogen and oxygen atoms in total. The molecule has 0 saturated carbocycles. The summed E-state index contributed by atoms with van der Waals surface area (Å²) >= 11 is 0. The van der Waals surface area contributed by atoms with E-state index in [1.807, 2.05) is 6.92 Å². The van der Waals surface area contributed by atoms with E-state index < -0.39 is 12.3 Å². The fourth-order valence-corrected chi connectivity index (χ4v) is 1.38. The van der Waals surface area contributed by atoms with Crippen molar-refractivity contribution in [3.05, 3.63) is 0 Å². The molecule has 5 heteroatoms. The van der Waals surface area contributed by atoms with Crippen LogP contribution < -0.4 is 0 Å². The van der Waals surface area contributed by atoms with Crippen LogP contribution in [0.1, 0.15) is 45.4 Å². The number of aliphatic hydroxyl groups is 1. The maximum absolute atomic E-state index is 11.9. The first-order valence-electron chi connectivity index (χ1n) is 5.81. The first-order valence-corrected chi connectivity index (χ1v) is 5.81. The van der Waals surface area contributed by atoms with Gasteiger partial charge >= 0.3 is 6.18 Å². The summed E-state index contributed by atoms with van der Waals surface area (Å²) in [6, 6.07) is 0. The Morgan fingerprint density at radius 3 is 2.19 bits per heavy atom. The predicted molar refractivity (Wildman–Crippen MR) is 56.3 cm³/mol. The molecule has 0 amide bonds. The molecule has 0 saturated heterocycles. The minimum absolute atomic E-state index is 0.186. The van der Waals surface area contributed by atoms with Crippen LogP contribution in [0.15, 0.2) is 0 Å². The van der Waals surface area contributed by atoms with Crippen molar-refractivity contribution in [2.75, 3.05) is 13.2 Å². The zero-order chi connectivity index (χ0) is 12.4. The van der Waals surface area contributed by atoms with Crippen molar-refractivity contribution in [1.29, 1.82) is 0 Å². The van der Waals surface area contributed by atoms with E-state index >= 15 is 0 Å². The van der Waals surface area contributed by atoms with Crippen LogP contribution in [0, 0.1) is 0 Å². The molecule has 0 aromatic rings. The number of hydrogen-bond acceptors (Lipinski definition) is 2. The summed E-state index contributed by atoms with van der Waals surface area (Å²) < 4.78 is 40.8. The monoisotopic (exact) mass is 242 g/mol. The highest BCUT2D eigenvalue weighted by molar-refractivity contribution is 4.64. The Kier molecular flexibility index (Phi) is 8.66. The molecule has 98 valence electrons. The number of halogens is 3. The number of ether oxygens (including phenoxy) is 1. The lowest BCUT2D eigenvalue weighted by Crippen LogP contribution is -2.28. The van der Waals surface area contributed by atoms with Crippen LogP contribution in [0.25, 0.3) is 0 Å². The molecule has 0 radical (unpaired) electrons. The number of unbranched alkanes of at least 4 members (excludes halogenated alkanes) is 4. The molecular formula is C11H21F3O2. The lowest BCUT2D eigenvalue weighted by atomic mass is 10.1. The Hall–Kier alpha value is -0.290. The summed E-state index contributed by atoms with van der Waals surface area (Å²) in [6.07, 6.45) is -2.82. The third kappa shape index (κ3) is 8.97. The Balaban J connectivity index is 3.21. The van der Waals surface area contributed by atoms with Crippen molar-refractivity contribution in [2.24, 2.45) is 0 Å². The van der Waals surface area contributed by atoms with Crippen LogP contribution in [0.4, 0.5) is 13.2 Å². The smallest absolute Gasteiger partial charge is 0.384 e. The van der Waals surface area contributed by atoms with Crippen molar-refractivity contribution in [3.63, 3.8) is 0 Å². The maximum Gasteiger partial charge on any atom is 0.414 e. The quantitative estimate of drug-likeness (QED) is 0.629. The second-order valence-corrected chi connectivity index (χ2v) is 3.81. The molecule has 0 bridgehead atoms. The molecule has 0 aromatic carbocycles. The fourth-order valence-electron chi connectivity index (χ4n) is 1.38. The lowest BCUT2D eigenvalue weighted by Gasteiger charge is -2.13. The zero-order valence-electron chi connectivity index (χ0n) is 9.72. The van der Waals surface area contributed by atoms with Crippen LogP contribution in [0.3, 0.4) is 0 Å². The van der Waals surface area contributed by atoms with Gasteiger partial charge in [-0.25, -0.2) is 0 Å². The Morgan fingerprint density at radius 2 is 1.62 bits per heavy atom. The molecule has 0 spiro atoms. The van der Waals surface area contributed by atoms with Gasteiger partial charge in [0.05, 0.1) is 0 Å². The third-order valence-electron chi connectivity index (χ3n) is 2.35. The van der Waals surface area contributed by atoms with E-state index in [9.17, 15) is 13.2 Å². The lowest BCUT2D eigenvalue weighted by molar-refractivity contribution is -0.205. The summed E-state index contributed by atoms with van der Waals surface area (Å²) in [5.41, 5.74) is 0. The molecule has 0 heterocycles. The van der Waals surface area contributed by atoms with E-state index in [4.69, 9.17) is 9.84 Å². The second-order valence-electron chi connectivity index (χ2n) is 3.81. The molecule has 1 atom stereocenters. The number of alkyl halides is 3. The van der Waals surface area contributed by atoms with Gasteiger partial charge in [0.25, 0.3) is 0 Å². The van der Waals surface area contributed by atoms with Gasteiger partial charge in [0.2, 0.25) is 0 Å². The van der Waals surface area contributed by atoms with E-state index in [1.54, 1.807) is 0 Å². The van der Waals surface area contributed by atoms with Crippen LogP contribution in [-0.2, 0) is 4.74 Å². The topological polar surface area (TPSA) is 29.5 Å². The molecule has 0 aliphatic carbocycles. The van der Waals surface area contributed by atoms with Gasteiger partial charge in [0.15, 0.2) is 0 Å². The van der Waals surface area contributed by atoms with Crippen molar-refractivity contribution < 1.29 is 23.0 Å². The Labute approximate surface area is 94.8 Å². The van der Waals surface area contributed by atoms with Gasteiger partial charge in [-0.15, -0.1) is 0 Å². The summed E-state index contributed by atoms with van der Waals surface area (Å²) in [7, 11) is 0. The zero-order valence-corrected chi connectivity index (χ0v) is 9.72. The molecule has 16 heavy (non-hydrogen) atoms. The molecule has 0 rings (SSSR count). The van der Waals surface area contributed by atoms with Gasteiger partial charge in [-0.2, -0.15) is 13.2 Å². The molecule has 0 fully saturated rings. The van der Waals surface area contributed by atoms with Gasteiger partial charge in [-0.05, 0) is 19.8 Å². The summed E-state index contributed by atoms with van der Waals surface area (Å²) in [5, 5.41) is 8.71. The number of rotatable bonds is 9. The maximum atomic E-state index is 11.9. The highest BCUT2D eigenvalue weighted by atomic mass is 19.4. The average molecular weight is 242 g/mol. The van der Waals surface area contributed by atoms with E-state index in [-0.39, 0.29) is 6.42 Å². The highest BCUT2D eigenvalue weighted by Gasteiger charge is 2.37. The average Bonchev–Trinajstić information content (AvgIpc) is 2.20. The fraction of sp³-hybridized carbons (Fsp3) is 1.00. The van der Waals surface area contributed by atoms with Gasteiger partial charge in [0, 0.05) is 13.2 Å². The van der Waals surface area contributed by atoms with Crippen molar-refractivity contribution in [2.45, 2.75) is 57.7 Å². The molecule has 0 aromatic heterocycles. The standard InChI is InChI=1S/C11H21F3O2/c1-2-16-9-7-5-3-4-6-8-10(15)11(12,13)14/h10,15H,2-9H2,1H3/t10-/m1/s1. The number of aliphatic hydroxyl groups excluding tert-OH is 1. The molecule has 0 unspecified atom stereocenters. The molecular weight excluding hydrogens is 221 g/mol. The summed E-state index contributed by atoms with van der Waals surface area (Å²) in [6.45, 7) is 3.36. The normalized spacial score (nSPS) is 14.1. The van der Waals surface area contributed by atoms with E-state index in [0.29, 0.717) is 13.0 Å². The van der Waals surface area contributed by atoms with Crippen LogP contribution >= 0.6 is 0 Å². The largest absolute Gasteiger partial charge is 0.414 e. The minimum Gasteiger partial charge on any atom is -0.384 e. The number of hydrogen-bond donors (Lipinski definition) is 1. The third-order valence-corrected chi connectivity index (χ3v) is 2.35.